The van der Waals surface area contributed by atoms with Gasteiger partial charge in [0.05, 0.1) is 12.0 Å². The minimum absolute atomic E-state index is 0.0665. The highest BCUT2D eigenvalue weighted by Gasteiger charge is 2.33. The van der Waals surface area contributed by atoms with Gasteiger partial charge in [-0.05, 0) is 33.1 Å². The first-order valence-electron chi connectivity index (χ1n) is 7.82. The molecule has 1 aliphatic heterocycles. The van der Waals surface area contributed by atoms with Crippen LogP contribution in [0.4, 0.5) is 0 Å². The number of hydrogen-bond donors (Lipinski definition) is 1. The molecule has 0 aliphatic carbocycles. The van der Waals surface area contributed by atoms with Crippen molar-refractivity contribution in [3.8, 4) is 0 Å². The standard InChI is InChI=1S/C14H29N3O4S/c1-12(2)21-10-6-8-15-14(18)13-7-5-9-17(11-13)22(19,20)16(3)4/h12-13H,5-11H2,1-4H3,(H,15,18)/t13-/m1/s1. The van der Waals surface area contributed by atoms with Crippen molar-refractivity contribution in [2.24, 2.45) is 5.92 Å². The lowest BCUT2D eigenvalue weighted by atomic mass is 9.99. The van der Waals surface area contributed by atoms with E-state index in [2.05, 4.69) is 5.32 Å². The maximum atomic E-state index is 12.2. The Morgan fingerprint density at radius 3 is 2.68 bits per heavy atom. The van der Waals surface area contributed by atoms with Crippen LogP contribution in [0.1, 0.15) is 33.1 Å². The van der Waals surface area contributed by atoms with Gasteiger partial charge < -0.3 is 10.1 Å². The van der Waals surface area contributed by atoms with Gasteiger partial charge in [0.15, 0.2) is 0 Å². The van der Waals surface area contributed by atoms with Gasteiger partial charge in [0, 0.05) is 40.3 Å². The number of piperidine rings is 1. The molecule has 1 heterocycles. The first-order valence-corrected chi connectivity index (χ1v) is 9.21. The molecule has 0 aromatic rings. The van der Waals surface area contributed by atoms with Gasteiger partial charge in [0.2, 0.25) is 5.91 Å². The molecule has 8 heteroatoms. The molecule has 1 saturated heterocycles. The topological polar surface area (TPSA) is 79.0 Å². The van der Waals surface area contributed by atoms with Crippen LogP contribution < -0.4 is 5.32 Å². The Balaban J connectivity index is 2.40. The van der Waals surface area contributed by atoms with Gasteiger partial charge in [0.1, 0.15) is 0 Å². The molecular weight excluding hydrogens is 306 g/mol. The predicted octanol–water partition coefficient (Wildman–Crippen LogP) is 0.436. The monoisotopic (exact) mass is 335 g/mol. The molecule has 1 amide bonds. The first-order chi connectivity index (χ1) is 10.2. The molecule has 1 fully saturated rings. The Kier molecular flexibility index (Phi) is 7.75. The van der Waals surface area contributed by atoms with Gasteiger partial charge in [-0.2, -0.15) is 17.0 Å². The van der Waals surface area contributed by atoms with Crippen molar-refractivity contribution >= 4 is 16.1 Å². The van der Waals surface area contributed by atoms with Crippen molar-refractivity contribution in [1.29, 1.82) is 0 Å². The summed E-state index contributed by atoms with van der Waals surface area (Å²) >= 11 is 0. The highest BCUT2D eigenvalue weighted by molar-refractivity contribution is 7.86. The van der Waals surface area contributed by atoms with Gasteiger partial charge in [-0.25, -0.2) is 0 Å². The zero-order chi connectivity index (χ0) is 16.8. The van der Waals surface area contributed by atoms with Crippen molar-refractivity contribution in [3.63, 3.8) is 0 Å². The molecule has 1 rings (SSSR count). The van der Waals surface area contributed by atoms with Gasteiger partial charge in [-0.1, -0.05) is 0 Å². The number of nitrogens with zero attached hydrogens (tertiary/aromatic N) is 2. The number of nitrogens with one attached hydrogen (secondary N) is 1. The molecule has 1 N–H and O–H groups in total. The molecule has 22 heavy (non-hydrogen) atoms. The first kappa shape index (κ1) is 19.3. The van der Waals surface area contributed by atoms with E-state index in [1.54, 1.807) is 0 Å². The van der Waals surface area contributed by atoms with Crippen molar-refractivity contribution < 1.29 is 17.9 Å². The molecular formula is C14H29N3O4S. The molecule has 1 aliphatic rings. The Morgan fingerprint density at radius 1 is 1.41 bits per heavy atom. The van der Waals surface area contributed by atoms with Crippen molar-refractivity contribution in [3.05, 3.63) is 0 Å². The van der Waals surface area contributed by atoms with Crippen LogP contribution >= 0.6 is 0 Å². The largest absolute Gasteiger partial charge is 0.379 e. The molecule has 7 nitrogen and oxygen atoms in total. The summed E-state index contributed by atoms with van der Waals surface area (Å²) < 4.78 is 32.2. The Bertz CT molecular complexity index is 451. The van der Waals surface area contributed by atoms with Gasteiger partial charge in [-0.3, -0.25) is 4.79 Å². The van der Waals surface area contributed by atoms with E-state index in [0.717, 1.165) is 12.8 Å². The van der Waals surface area contributed by atoms with E-state index < -0.39 is 10.2 Å². The third-order valence-corrected chi connectivity index (χ3v) is 5.52. The maximum absolute atomic E-state index is 12.2. The average molecular weight is 335 g/mol. The van der Waals surface area contributed by atoms with E-state index >= 15 is 0 Å². The Hall–Kier alpha value is -0.700. The Labute approximate surface area is 134 Å². The maximum Gasteiger partial charge on any atom is 0.281 e. The third kappa shape index (κ3) is 5.83. The zero-order valence-electron chi connectivity index (χ0n) is 14.0. The van der Waals surface area contributed by atoms with Crippen LogP contribution in [0.2, 0.25) is 0 Å². The van der Waals surface area contributed by atoms with E-state index in [1.165, 1.54) is 22.7 Å². The van der Waals surface area contributed by atoms with Crippen LogP contribution in [0.15, 0.2) is 0 Å². The second-order valence-electron chi connectivity index (χ2n) is 6.05. The van der Waals surface area contributed by atoms with E-state index in [4.69, 9.17) is 4.74 Å². The summed E-state index contributed by atoms with van der Waals surface area (Å²) in [5.41, 5.74) is 0. The molecule has 0 saturated carbocycles. The lowest BCUT2D eigenvalue weighted by molar-refractivity contribution is -0.126. The molecule has 0 aromatic carbocycles. The summed E-state index contributed by atoms with van der Waals surface area (Å²) in [4.78, 5) is 12.2. The quantitative estimate of drug-likeness (QED) is 0.653. The van der Waals surface area contributed by atoms with E-state index in [9.17, 15) is 13.2 Å². The van der Waals surface area contributed by atoms with Crippen LogP contribution in [0, 0.1) is 5.92 Å². The second kappa shape index (κ2) is 8.81. The highest BCUT2D eigenvalue weighted by atomic mass is 32.2. The van der Waals surface area contributed by atoms with Crippen LogP contribution in [-0.4, -0.2) is 69.4 Å². The number of carbonyl (C=O) groups is 1. The minimum atomic E-state index is -3.44. The van der Waals surface area contributed by atoms with E-state index in [0.29, 0.717) is 26.1 Å². The van der Waals surface area contributed by atoms with Crippen LogP contribution in [-0.2, 0) is 19.7 Å². The van der Waals surface area contributed by atoms with Gasteiger partial charge >= 0.3 is 0 Å². The third-order valence-electron chi connectivity index (χ3n) is 3.61. The van der Waals surface area contributed by atoms with E-state index in [1.807, 2.05) is 13.8 Å². The lowest BCUT2D eigenvalue weighted by Crippen LogP contribution is -2.48. The summed E-state index contributed by atoms with van der Waals surface area (Å²) in [6.45, 7) is 5.86. The number of rotatable bonds is 8. The molecule has 0 radical (unpaired) electrons. The van der Waals surface area contributed by atoms with Crippen molar-refractivity contribution in [2.75, 3.05) is 40.3 Å². The number of amides is 1. The number of ether oxygens (including phenoxy) is 1. The SMILES string of the molecule is CC(C)OCCCNC(=O)[C@@H]1CCCN(S(=O)(=O)N(C)C)C1. The minimum Gasteiger partial charge on any atom is -0.379 e. The smallest absolute Gasteiger partial charge is 0.281 e. The summed E-state index contributed by atoms with van der Waals surface area (Å²) in [7, 11) is -0.423. The van der Waals surface area contributed by atoms with E-state index in [-0.39, 0.29) is 24.5 Å². The normalized spacial score (nSPS) is 20.5. The fourth-order valence-electron chi connectivity index (χ4n) is 2.34. The summed E-state index contributed by atoms with van der Waals surface area (Å²) in [5.74, 6) is -0.335. The van der Waals surface area contributed by atoms with Gasteiger partial charge in [0.25, 0.3) is 10.2 Å². The van der Waals surface area contributed by atoms with Crippen molar-refractivity contribution in [2.45, 2.75) is 39.2 Å². The molecule has 0 unspecified atom stereocenters. The molecule has 0 aromatic heterocycles. The summed E-state index contributed by atoms with van der Waals surface area (Å²) in [5, 5.41) is 2.87. The molecule has 0 spiro atoms. The summed E-state index contributed by atoms with van der Waals surface area (Å²) in [6, 6.07) is 0. The van der Waals surface area contributed by atoms with Crippen LogP contribution in [0.25, 0.3) is 0 Å². The van der Waals surface area contributed by atoms with Crippen LogP contribution in [0.5, 0.6) is 0 Å². The fourth-order valence-corrected chi connectivity index (χ4v) is 3.53. The van der Waals surface area contributed by atoms with Crippen LogP contribution in [0.3, 0.4) is 0 Å². The molecule has 130 valence electrons. The van der Waals surface area contributed by atoms with Gasteiger partial charge in [-0.15, -0.1) is 0 Å². The predicted molar refractivity (Wildman–Crippen MR) is 85.6 cm³/mol. The molecule has 0 bridgehead atoms. The second-order valence-corrected chi connectivity index (χ2v) is 8.19. The number of carbonyl (C=O) groups excluding carboxylic acids is 1. The Morgan fingerprint density at radius 2 is 2.09 bits per heavy atom. The average Bonchev–Trinajstić information content (AvgIpc) is 2.46. The number of hydrogen-bond acceptors (Lipinski definition) is 4. The zero-order valence-corrected chi connectivity index (χ0v) is 14.9. The molecule has 1 atom stereocenters. The summed E-state index contributed by atoms with van der Waals surface area (Å²) in [6.07, 6.45) is 2.39. The highest BCUT2D eigenvalue weighted by Crippen LogP contribution is 2.20. The fraction of sp³-hybridized carbons (Fsp3) is 0.929. The lowest BCUT2D eigenvalue weighted by Gasteiger charge is -2.32. The van der Waals surface area contributed by atoms with Crippen molar-refractivity contribution in [1.82, 2.24) is 13.9 Å².